The highest BCUT2D eigenvalue weighted by atomic mass is 127. The van der Waals surface area contributed by atoms with Gasteiger partial charge in [-0.3, -0.25) is 0 Å². The predicted molar refractivity (Wildman–Crippen MR) is 77.8 cm³/mol. The molecule has 3 heteroatoms. The van der Waals surface area contributed by atoms with Crippen LogP contribution in [0.25, 0.3) is 22.3 Å². The molecule has 0 unspecified atom stereocenters. The summed E-state index contributed by atoms with van der Waals surface area (Å²) < 4.78 is 2.21. The van der Waals surface area contributed by atoms with E-state index < -0.39 is 0 Å². The van der Waals surface area contributed by atoms with Crippen molar-refractivity contribution >= 4 is 11.0 Å². The van der Waals surface area contributed by atoms with Crippen LogP contribution in [0, 0.1) is 13.8 Å². The molecule has 2 aromatic carbocycles. The molecule has 0 atom stereocenters. The maximum atomic E-state index is 4.56. The number of nitrogens with zero attached hydrogens (tertiary/aromatic N) is 2. The number of aromatic nitrogens is 2. The number of halogens is 1. The Morgan fingerprint density at radius 1 is 1.00 bits per heavy atom. The largest absolute Gasteiger partial charge is 1.00 e. The van der Waals surface area contributed by atoms with Crippen molar-refractivity contribution in [3.8, 4) is 11.3 Å². The fourth-order valence-electron chi connectivity index (χ4n) is 2.56. The molecule has 3 aromatic rings. The molecule has 0 fully saturated rings. The van der Waals surface area contributed by atoms with Crippen LogP contribution in [0.2, 0.25) is 0 Å². The first-order chi connectivity index (χ1) is 9.16. The van der Waals surface area contributed by atoms with Crippen LogP contribution >= 0.6 is 0 Å². The Bertz CT molecular complexity index is 766. The molecular formula is C17H17IN2. The third-order valence-electron chi connectivity index (χ3n) is 3.59. The van der Waals surface area contributed by atoms with Crippen molar-refractivity contribution < 1.29 is 28.5 Å². The lowest BCUT2D eigenvalue weighted by molar-refractivity contribution is -0.633. The van der Waals surface area contributed by atoms with Crippen LogP contribution in [-0.4, -0.2) is 4.98 Å². The molecule has 0 bridgehead atoms. The van der Waals surface area contributed by atoms with E-state index in [0.29, 0.717) is 0 Å². The van der Waals surface area contributed by atoms with E-state index in [1.807, 2.05) is 18.3 Å². The standard InChI is InChI=1S/C17H17N2.HI/c1-12-8-9-14(13(2)10-12)17-11-18-15-6-4-5-7-16(15)19(17)3;/h4-11H,1-3H3;1H/q+1;/p-1. The molecular weight excluding hydrogens is 359 g/mol. The summed E-state index contributed by atoms with van der Waals surface area (Å²) in [4.78, 5) is 4.56. The zero-order chi connectivity index (χ0) is 13.4. The van der Waals surface area contributed by atoms with Crippen molar-refractivity contribution in [2.24, 2.45) is 7.05 Å². The number of fused-ring (bicyclic) bond motifs is 1. The second-order valence-corrected chi connectivity index (χ2v) is 5.01. The number of hydrogen-bond acceptors (Lipinski definition) is 1. The minimum atomic E-state index is 0. The van der Waals surface area contributed by atoms with Crippen LogP contribution in [0.1, 0.15) is 11.1 Å². The summed E-state index contributed by atoms with van der Waals surface area (Å²) in [5.74, 6) is 0. The van der Waals surface area contributed by atoms with Gasteiger partial charge < -0.3 is 24.0 Å². The molecule has 0 aliphatic rings. The first-order valence-corrected chi connectivity index (χ1v) is 6.48. The molecule has 20 heavy (non-hydrogen) atoms. The van der Waals surface area contributed by atoms with Crippen LogP contribution in [0.5, 0.6) is 0 Å². The van der Waals surface area contributed by atoms with Gasteiger partial charge in [-0.2, -0.15) is 4.57 Å². The van der Waals surface area contributed by atoms with Crippen LogP contribution in [0.4, 0.5) is 0 Å². The molecule has 0 spiro atoms. The minimum absolute atomic E-state index is 0. The van der Waals surface area contributed by atoms with Crippen molar-refractivity contribution in [3.05, 3.63) is 59.8 Å². The van der Waals surface area contributed by atoms with E-state index >= 15 is 0 Å². The Kier molecular flexibility index (Phi) is 4.38. The Morgan fingerprint density at radius 2 is 1.75 bits per heavy atom. The van der Waals surface area contributed by atoms with E-state index in [-0.39, 0.29) is 24.0 Å². The second kappa shape index (κ2) is 5.87. The molecule has 0 saturated carbocycles. The first-order valence-electron chi connectivity index (χ1n) is 6.48. The summed E-state index contributed by atoms with van der Waals surface area (Å²) in [5, 5.41) is 0. The summed E-state index contributed by atoms with van der Waals surface area (Å²) in [6.07, 6.45) is 1.96. The quantitative estimate of drug-likeness (QED) is 0.443. The van der Waals surface area contributed by atoms with E-state index in [1.165, 1.54) is 16.7 Å². The molecule has 1 aromatic heterocycles. The van der Waals surface area contributed by atoms with E-state index in [9.17, 15) is 0 Å². The van der Waals surface area contributed by atoms with E-state index in [4.69, 9.17) is 0 Å². The molecule has 102 valence electrons. The fraction of sp³-hybridized carbons (Fsp3) is 0.176. The number of aryl methyl sites for hydroxylation is 3. The average molecular weight is 376 g/mol. The van der Waals surface area contributed by atoms with E-state index in [1.54, 1.807) is 0 Å². The normalized spacial score (nSPS) is 10.3. The van der Waals surface area contributed by atoms with Crippen LogP contribution in [-0.2, 0) is 7.05 Å². The maximum absolute atomic E-state index is 4.56. The number of hydrogen-bond donors (Lipinski definition) is 0. The van der Waals surface area contributed by atoms with Gasteiger partial charge in [-0.15, -0.1) is 0 Å². The SMILES string of the molecule is Cc1ccc(-c2cnc3ccccc3[n+]2C)c(C)c1.[I-]. The lowest BCUT2D eigenvalue weighted by atomic mass is 10.0. The van der Waals surface area contributed by atoms with Crippen LogP contribution in [0.3, 0.4) is 0 Å². The van der Waals surface area contributed by atoms with Crippen molar-refractivity contribution in [1.82, 2.24) is 4.98 Å². The average Bonchev–Trinajstić information content (AvgIpc) is 2.41. The van der Waals surface area contributed by atoms with Gasteiger partial charge in [0.1, 0.15) is 18.8 Å². The maximum Gasteiger partial charge on any atom is 0.231 e. The third-order valence-corrected chi connectivity index (χ3v) is 3.59. The molecule has 1 heterocycles. The molecule has 0 aliphatic heterocycles. The highest BCUT2D eigenvalue weighted by molar-refractivity contribution is 5.73. The summed E-state index contributed by atoms with van der Waals surface area (Å²) in [6.45, 7) is 4.27. The number of para-hydroxylation sites is 2. The predicted octanol–water partition coefficient (Wildman–Crippen LogP) is 0.347. The monoisotopic (exact) mass is 376 g/mol. The lowest BCUT2D eigenvalue weighted by Gasteiger charge is -2.06. The number of rotatable bonds is 1. The first kappa shape index (κ1) is 14.9. The molecule has 0 amide bonds. The third kappa shape index (κ3) is 2.54. The summed E-state index contributed by atoms with van der Waals surface area (Å²) in [6, 6.07) is 14.8. The molecule has 3 rings (SSSR count). The molecule has 0 N–H and O–H groups in total. The minimum Gasteiger partial charge on any atom is -1.00 e. The summed E-state index contributed by atoms with van der Waals surface area (Å²) in [7, 11) is 2.10. The van der Waals surface area contributed by atoms with Crippen molar-refractivity contribution in [1.29, 1.82) is 0 Å². The zero-order valence-corrected chi connectivity index (χ0v) is 14.0. The van der Waals surface area contributed by atoms with Gasteiger partial charge >= 0.3 is 0 Å². The highest BCUT2D eigenvalue weighted by Crippen LogP contribution is 2.22. The smallest absolute Gasteiger partial charge is 0.231 e. The van der Waals surface area contributed by atoms with Crippen molar-refractivity contribution in [3.63, 3.8) is 0 Å². The Balaban J connectivity index is 0.00000147. The molecule has 0 radical (unpaired) electrons. The van der Waals surface area contributed by atoms with Gasteiger partial charge in [-0.05, 0) is 31.5 Å². The molecule has 0 aliphatic carbocycles. The van der Waals surface area contributed by atoms with Gasteiger partial charge in [0.2, 0.25) is 11.2 Å². The summed E-state index contributed by atoms with van der Waals surface area (Å²) in [5.41, 5.74) is 7.14. The van der Waals surface area contributed by atoms with Crippen molar-refractivity contribution in [2.75, 3.05) is 0 Å². The van der Waals surface area contributed by atoms with E-state index in [2.05, 4.69) is 60.8 Å². The van der Waals surface area contributed by atoms with Crippen LogP contribution < -0.4 is 28.5 Å². The highest BCUT2D eigenvalue weighted by Gasteiger charge is 2.16. The van der Waals surface area contributed by atoms with Gasteiger partial charge in [0.25, 0.3) is 0 Å². The van der Waals surface area contributed by atoms with Crippen molar-refractivity contribution in [2.45, 2.75) is 13.8 Å². The van der Waals surface area contributed by atoms with Gasteiger partial charge in [0, 0.05) is 6.07 Å². The Morgan fingerprint density at radius 3 is 2.50 bits per heavy atom. The second-order valence-electron chi connectivity index (χ2n) is 5.01. The topological polar surface area (TPSA) is 16.8 Å². The number of benzene rings is 2. The fourth-order valence-corrected chi connectivity index (χ4v) is 2.56. The van der Waals surface area contributed by atoms with Gasteiger partial charge in [-0.1, -0.05) is 29.8 Å². The van der Waals surface area contributed by atoms with Gasteiger partial charge in [0.05, 0.1) is 5.56 Å². The lowest BCUT2D eigenvalue weighted by Crippen LogP contribution is -3.00. The zero-order valence-electron chi connectivity index (χ0n) is 11.9. The summed E-state index contributed by atoms with van der Waals surface area (Å²) >= 11 is 0. The Hall–Kier alpha value is -1.49. The molecule has 2 nitrogen and oxygen atoms in total. The van der Waals surface area contributed by atoms with Gasteiger partial charge in [0.15, 0.2) is 0 Å². The van der Waals surface area contributed by atoms with E-state index in [0.717, 1.165) is 16.7 Å². The van der Waals surface area contributed by atoms with Crippen LogP contribution in [0.15, 0.2) is 48.7 Å². The Labute approximate surface area is 136 Å². The van der Waals surface area contributed by atoms with Gasteiger partial charge in [-0.25, -0.2) is 4.98 Å². The molecule has 0 saturated heterocycles.